The largest absolute Gasteiger partial charge is 1.00 e. The van der Waals surface area contributed by atoms with Gasteiger partial charge in [0.15, 0.2) is 0 Å². The molecule has 74 valence electrons. The molecule has 0 aliphatic rings. The first-order valence-corrected chi connectivity index (χ1v) is 3.82. The molecule has 0 fully saturated rings. The van der Waals surface area contributed by atoms with E-state index in [2.05, 4.69) is 23.4 Å². The van der Waals surface area contributed by atoms with Gasteiger partial charge in [0.1, 0.15) is 0 Å². The minimum atomic E-state index is 0. The summed E-state index contributed by atoms with van der Waals surface area (Å²) in [6.45, 7) is 4.42. The second-order valence-corrected chi connectivity index (χ2v) is 2.65. The van der Waals surface area contributed by atoms with Crippen molar-refractivity contribution in [3.05, 3.63) is 18.7 Å². The summed E-state index contributed by atoms with van der Waals surface area (Å²) in [6, 6.07) is 0.604. The summed E-state index contributed by atoms with van der Waals surface area (Å²) in [5, 5.41) is 0. The molecule has 0 N–H and O–H groups in total. The Kier molecular flexibility index (Phi) is 9.28. The quantitative estimate of drug-likeness (QED) is 0.632. The third-order valence-electron chi connectivity index (χ3n) is 1.74. The van der Waals surface area contributed by atoms with Crippen LogP contribution < -0.4 is 12.4 Å². The summed E-state index contributed by atoms with van der Waals surface area (Å²) in [5.41, 5.74) is 0. The van der Waals surface area contributed by atoms with Gasteiger partial charge in [-0.15, -0.1) is 0 Å². The van der Waals surface area contributed by atoms with Crippen LogP contribution in [0.3, 0.4) is 0 Å². The Morgan fingerprint density at radius 3 is 2.58 bits per heavy atom. The standard InChI is InChI=1S/C8H14N2.ClH.Cu/c1-3-4-8(2)10-6-5-9-7-10;;/h5-8H,3-4H2,1-2H3;1H;/q;;+1/p-1. The zero-order chi connectivity index (χ0) is 7.40. The van der Waals surface area contributed by atoms with Gasteiger partial charge >= 0.3 is 17.1 Å². The SMILES string of the molecule is CCCC(C)n1ccnc1.[Cl-].[Cu+]. The van der Waals surface area contributed by atoms with Crippen LogP contribution in [0.2, 0.25) is 0 Å². The third-order valence-corrected chi connectivity index (χ3v) is 1.74. The van der Waals surface area contributed by atoms with Gasteiger partial charge in [-0.1, -0.05) is 13.3 Å². The Labute approximate surface area is 90.6 Å². The van der Waals surface area contributed by atoms with Crippen LogP contribution in [0.5, 0.6) is 0 Å². The maximum Gasteiger partial charge on any atom is 1.00 e. The molecule has 1 atom stereocenters. The molecule has 0 aromatic carbocycles. The summed E-state index contributed by atoms with van der Waals surface area (Å²) in [7, 11) is 0. The van der Waals surface area contributed by atoms with Gasteiger partial charge in [-0.2, -0.15) is 0 Å². The van der Waals surface area contributed by atoms with E-state index in [4.69, 9.17) is 0 Å². The topological polar surface area (TPSA) is 17.8 Å². The summed E-state index contributed by atoms with van der Waals surface area (Å²) in [5.74, 6) is 0. The molecule has 0 spiro atoms. The van der Waals surface area contributed by atoms with Crippen molar-refractivity contribution in [2.24, 2.45) is 0 Å². The predicted octanol–water partition coefficient (Wildman–Crippen LogP) is -0.754. The van der Waals surface area contributed by atoms with Crippen molar-refractivity contribution in [1.29, 1.82) is 0 Å². The number of rotatable bonds is 3. The summed E-state index contributed by atoms with van der Waals surface area (Å²) in [6.07, 6.45) is 8.18. The molecule has 1 rings (SSSR count). The first-order valence-electron chi connectivity index (χ1n) is 3.82. The summed E-state index contributed by atoms with van der Waals surface area (Å²) >= 11 is 0. The minimum absolute atomic E-state index is 0. The van der Waals surface area contributed by atoms with Crippen molar-refractivity contribution >= 4 is 0 Å². The van der Waals surface area contributed by atoms with E-state index in [1.165, 1.54) is 12.8 Å². The van der Waals surface area contributed by atoms with Gasteiger partial charge in [0.2, 0.25) is 0 Å². The van der Waals surface area contributed by atoms with E-state index in [-0.39, 0.29) is 29.5 Å². The van der Waals surface area contributed by atoms with Crippen molar-refractivity contribution in [3.8, 4) is 0 Å². The fourth-order valence-corrected chi connectivity index (χ4v) is 1.10. The first-order chi connectivity index (χ1) is 4.84. The molecular formula is C8H14ClCuN2. The van der Waals surface area contributed by atoms with Crippen molar-refractivity contribution in [2.45, 2.75) is 32.7 Å². The van der Waals surface area contributed by atoms with Gasteiger partial charge in [0.05, 0.1) is 6.33 Å². The fourth-order valence-electron chi connectivity index (χ4n) is 1.10. The monoisotopic (exact) mass is 236 g/mol. The van der Waals surface area contributed by atoms with Crippen LogP contribution in [-0.2, 0) is 17.1 Å². The molecule has 0 bridgehead atoms. The first kappa shape index (κ1) is 14.5. The molecule has 1 unspecified atom stereocenters. The molecule has 0 radical (unpaired) electrons. The summed E-state index contributed by atoms with van der Waals surface area (Å²) in [4.78, 5) is 3.99. The van der Waals surface area contributed by atoms with Crippen molar-refractivity contribution in [3.63, 3.8) is 0 Å². The zero-order valence-corrected chi connectivity index (χ0v) is 9.00. The van der Waals surface area contributed by atoms with E-state index in [0.717, 1.165) is 0 Å². The minimum Gasteiger partial charge on any atom is -1.00 e. The maximum atomic E-state index is 3.99. The van der Waals surface area contributed by atoms with Gasteiger partial charge in [-0.05, 0) is 13.3 Å². The van der Waals surface area contributed by atoms with Gasteiger partial charge in [-0.25, -0.2) is 4.98 Å². The molecule has 2 nitrogen and oxygen atoms in total. The molecule has 0 saturated heterocycles. The molecule has 1 aromatic heterocycles. The third kappa shape index (κ3) is 4.15. The van der Waals surface area contributed by atoms with E-state index in [0.29, 0.717) is 6.04 Å². The van der Waals surface area contributed by atoms with Crippen LogP contribution in [0.1, 0.15) is 32.7 Å². The van der Waals surface area contributed by atoms with E-state index >= 15 is 0 Å². The molecule has 4 heteroatoms. The second kappa shape index (κ2) is 7.66. The average molecular weight is 237 g/mol. The van der Waals surface area contributed by atoms with Gasteiger partial charge in [0.25, 0.3) is 0 Å². The molecule has 0 aliphatic carbocycles. The molecule has 0 saturated carbocycles. The van der Waals surface area contributed by atoms with Crippen LogP contribution >= 0.6 is 0 Å². The van der Waals surface area contributed by atoms with Crippen LogP contribution in [0.25, 0.3) is 0 Å². The van der Waals surface area contributed by atoms with Crippen molar-refractivity contribution < 1.29 is 29.5 Å². The Bertz CT molecular complexity index is 177. The molecule has 0 aliphatic heterocycles. The number of halogens is 1. The average Bonchev–Trinajstić information content (AvgIpc) is 2.38. The number of hydrogen-bond acceptors (Lipinski definition) is 1. The second-order valence-electron chi connectivity index (χ2n) is 2.65. The van der Waals surface area contributed by atoms with Crippen LogP contribution in [0, 0.1) is 0 Å². The number of aromatic nitrogens is 2. The van der Waals surface area contributed by atoms with Gasteiger partial charge in [0, 0.05) is 18.4 Å². The van der Waals surface area contributed by atoms with E-state index in [1.807, 2.05) is 18.7 Å². The van der Waals surface area contributed by atoms with Crippen molar-refractivity contribution in [2.75, 3.05) is 0 Å². The number of nitrogens with zero attached hydrogens (tertiary/aromatic N) is 2. The van der Waals surface area contributed by atoms with Crippen molar-refractivity contribution in [1.82, 2.24) is 9.55 Å². The van der Waals surface area contributed by atoms with E-state index in [1.54, 1.807) is 0 Å². The predicted molar refractivity (Wildman–Crippen MR) is 41.8 cm³/mol. The molecule has 1 heterocycles. The Morgan fingerprint density at radius 2 is 2.17 bits per heavy atom. The Balaban J connectivity index is 0. The normalized spacial score (nSPS) is 11.2. The smallest absolute Gasteiger partial charge is 1.00 e. The Morgan fingerprint density at radius 1 is 1.50 bits per heavy atom. The maximum absolute atomic E-state index is 3.99. The molecule has 1 aromatic rings. The van der Waals surface area contributed by atoms with Crippen LogP contribution in [0.4, 0.5) is 0 Å². The summed E-state index contributed by atoms with van der Waals surface area (Å²) < 4.78 is 2.14. The number of imidazole rings is 1. The number of hydrogen-bond donors (Lipinski definition) is 0. The molecular weight excluding hydrogens is 223 g/mol. The fraction of sp³-hybridized carbons (Fsp3) is 0.625. The molecule has 12 heavy (non-hydrogen) atoms. The van der Waals surface area contributed by atoms with Gasteiger partial charge in [-0.3, -0.25) is 0 Å². The van der Waals surface area contributed by atoms with E-state index < -0.39 is 0 Å². The van der Waals surface area contributed by atoms with Crippen LogP contribution in [-0.4, -0.2) is 9.55 Å². The zero-order valence-electron chi connectivity index (χ0n) is 7.30. The Hall–Kier alpha value is 0.0195. The molecule has 0 amide bonds. The van der Waals surface area contributed by atoms with Crippen LogP contribution in [0.15, 0.2) is 18.7 Å². The van der Waals surface area contributed by atoms with E-state index in [9.17, 15) is 0 Å². The van der Waals surface area contributed by atoms with Gasteiger partial charge < -0.3 is 17.0 Å².